The van der Waals surface area contributed by atoms with Crippen LogP contribution in [0.1, 0.15) is 28.4 Å². The summed E-state index contributed by atoms with van der Waals surface area (Å²) in [4.78, 5) is 24.5. The molecule has 0 bridgehead atoms. The highest BCUT2D eigenvalue weighted by molar-refractivity contribution is 6.10. The average molecular weight is 477 g/mol. The van der Waals surface area contributed by atoms with Gasteiger partial charge in [0.05, 0.1) is 12.2 Å². The Kier molecular flexibility index (Phi) is 7.74. The molecule has 0 heterocycles. The molecule has 0 radical (unpaired) electrons. The minimum atomic E-state index is -0.564. The maximum atomic E-state index is 12.8. The van der Waals surface area contributed by atoms with Crippen LogP contribution >= 0.6 is 0 Å². The number of rotatable bonds is 8. The molecule has 0 atom stereocenters. The molecule has 0 unspecified atom stereocenters. The van der Waals surface area contributed by atoms with Gasteiger partial charge in [0.15, 0.2) is 0 Å². The number of nitrogens with zero attached hydrogens (tertiary/aromatic N) is 1. The SMILES string of the molecule is CCOC(=O)c1ccc(NC(=O)/C(C#N)=C/c2ccccc2OCc2ccc3ccccc3c2)cc1. The van der Waals surface area contributed by atoms with Crippen molar-refractivity contribution in [1.82, 2.24) is 0 Å². The van der Waals surface area contributed by atoms with E-state index in [-0.39, 0.29) is 12.2 Å². The maximum absolute atomic E-state index is 12.8. The standard InChI is InChI=1S/C30H24N2O4/c1-2-35-30(34)23-13-15-27(16-14-23)32-29(33)26(19-31)18-25-9-5-6-10-28(25)36-20-21-11-12-22-7-3-4-8-24(22)17-21/h3-18H,2,20H2,1H3,(H,32,33)/b26-18+. The summed E-state index contributed by atoms with van der Waals surface area (Å²) < 4.78 is 11.0. The van der Waals surface area contributed by atoms with Gasteiger partial charge >= 0.3 is 5.97 Å². The second kappa shape index (κ2) is 11.5. The first-order valence-corrected chi connectivity index (χ1v) is 11.5. The van der Waals surface area contributed by atoms with E-state index in [0.717, 1.165) is 16.3 Å². The highest BCUT2D eigenvalue weighted by Gasteiger charge is 2.13. The zero-order valence-corrected chi connectivity index (χ0v) is 19.7. The van der Waals surface area contributed by atoms with Crippen LogP contribution in [0.5, 0.6) is 5.75 Å². The van der Waals surface area contributed by atoms with Crippen molar-refractivity contribution in [2.75, 3.05) is 11.9 Å². The van der Waals surface area contributed by atoms with Gasteiger partial charge in [-0.2, -0.15) is 5.26 Å². The monoisotopic (exact) mass is 476 g/mol. The number of nitriles is 1. The van der Waals surface area contributed by atoms with Gasteiger partial charge in [0.1, 0.15) is 24.0 Å². The van der Waals surface area contributed by atoms with E-state index >= 15 is 0 Å². The molecule has 0 saturated carbocycles. The smallest absolute Gasteiger partial charge is 0.338 e. The van der Waals surface area contributed by atoms with Crippen LogP contribution in [0.25, 0.3) is 16.8 Å². The van der Waals surface area contributed by atoms with Crippen molar-refractivity contribution in [3.63, 3.8) is 0 Å². The number of hydrogen-bond donors (Lipinski definition) is 1. The Morgan fingerprint density at radius 3 is 2.39 bits per heavy atom. The number of nitrogens with one attached hydrogen (secondary N) is 1. The molecule has 6 heteroatoms. The minimum absolute atomic E-state index is 0.0776. The van der Waals surface area contributed by atoms with Crippen molar-refractivity contribution in [3.8, 4) is 11.8 Å². The first-order chi connectivity index (χ1) is 17.6. The number of amides is 1. The van der Waals surface area contributed by atoms with Crippen molar-refractivity contribution >= 4 is 34.4 Å². The molecule has 6 nitrogen and oxygen atoms in total. The van der Waals surface area contributed by atoms with Gasteiger partial charge < -0.3 is 14.8 Å². The normalized spacial score (nSPS) is 10.9. The number of carbonyl (C=O) groups is 2. The third-order valence-electron chi connectivity index (χ3n) is 5.45. The molecular formula is C30H24N2O4. The van der Waals surface area contributed by atoms with E-state index in [0.29, 0.717) is 29.2 Å². The summed E-state index contributed by atoms with van der Waals surface area (Å²) in [5, 5.41) is 14.6. The van der Waals surface area contributed by atoms with E-state index in [4.69, 9.17) is 9.47 Å². The molecule has 4 rings (SSSR count). The van der Waals surface area contributed by atoms with E-state index in [1.54, 1.807) is 43.3 Å². The lowest BCUT2D eigenvalue weighted by atomic mass is 10.1. The Balaban J connectivity index is 1.47. The van der Waals surface area contributed by atoms with Gasteiger partial charge in [0.25, 0.3) is 5.91 Å². The summed E-state index contributed by atoms with van der Waals surface area (Å²) in [6.45, 7) is 2.35. The highest BCUT2D eigenvalue weighted by Crippen LogP contribution is 2.24. The molecule has 0 aliphatic carbocycles. The Morgan fingerprint density at radius 1 is 0.917 bits per heavy atom. The van der Waals surface area contributed by atoms with Crippen LogP contribution in [0.15, 0.2) is 96.6 Å². The van der Waals surface area contributed by atoms with Gasteiger partial charge in [0.2, 0.25) is 0 Å². The Bertz CT molecular complexity index is 1470. The molecule has 4 aromatic rings. The number of benzene rings is 4. The van der Waals surface area contributed by atoms with Gasteiger partial charge in [0, 0.05) is 11.3 Å². The summed E-state index contributed by atoms with van der Waals surface area (Å²) in [6.07, 6.45) is 1.50. The van der Waals surface area contributed by atoms with Gasteiger partial charge in [-0.15, -0.1) is 0 Å². The fourth-order valence-electron chi connectivity index (χ4n) is 3.63. The topological polar surface area (TPSA) is 88.4 Å². The van der Waals surface area contributed by atoms with E-state index in [1.807, 2.05) is 36.4 Å². The molecule has 0 aliphatic heterocycles. The highest BCUT2D eigenvalue weighted by atomic mass is 16.5. The number of esters is 1. The predicted octanol–water partition coefficient (Wildman–Crippen LogP) is 6.14. The molecule has 36 heavy (non-hydrogen) atoms. The van der Waals surface area contributed by atoms with Crippen molar-refractivity contribution < 1.29 is 19.1 Å². The molecule has 0 spiro atoms. The third-order valence-corrected chi connectivity index (χ3v) is 5.45. The van der Waals surface area contributed by atoms with Crippen LogP contribution in [-0.4, -0.2) is 18.5 Å². The first-order valence-electron chi connectivity index (χ1n) is 11.5. The summed E-state index contributed by atoms with van der Waals surface area (Å²) in [6, 6.07) is 29.7. The van der Waals surface area contributed by atoms with Crippen molar-refractivity contribution in [2.24, 2.45) is 0 Å². The number of hydrogen-bond acceptors (Lipinski definition) is 5. The summed E-state index contributed by atoms with van der Waals surface area (Å²) in [5.74, 6) is -0.441. The van der Waals surface area contributed by atoms with E-state index in [2.05, 4.69) is 29.6 Å². The van der Waals surface area contributed by atoms with E-state index in [1.165, 1.54) is 6.08 Å². The number of anilines is 1. The van der Waals surface area contributed by atoms with Crippen LogP contribution < -0.4 is 10.1 Å². The number of para-hydroxylation sites is 1. The quantitative estimate of drug-likeness (QED) is 0.187. The van der Waals surface area contributed by atoms with Crippen molar-refractivity contribution in [2.45, 2.75) is 13.5 Å². The number of carbonyl (C=O) groups excluding carboxylic acids is 2. The van der Waals surface area contributed by atoms with Crippen molar-refractivity contribution in [1.29, 1.82) is 5.26 Å². The summed E-state index contributed by atoms with van der Waals surface area (Å²) in [5.41, 5.74) is 2.38. The second-order valence-electron chi connectivity index (χ2n) is 7.93. The van der Waals surface area contributed by atoms with Gasteiger partial charge in [-0.05, 0) is 65.7 Å². The first kappa shape index (κ1) is 24.2. The molecule has 0 fully saturated rings. The Morgan fingerprint density at radius 2 is 1.64 bits per heavy atom. The Hall–Kier alpha value is -4.89. The largest absolute Gasteiger partial charge is 0.488 e. The fraction of sp³-hybridized carbons (Fsp3) is 0.100. The lowest BCUT2D eigenvalue weighted by molar-refractivity contribution is -0.112. The van der Waals surface area contributed by atoms with Crippen LogP contribution in [0.4, 0.5) is 5.69 Å². The Labute approximate surface area is 209 Å². The molecule has 4 aromatic carbocycles. The summed E-state index contributed by atoms with van der Waals surface area (Å²) >= 11 is 0. The van der Waals surface area contributed by atoms with Gasteiger partial charge in [-0.1, -0.05) is 54.6 Å². The average Bonchev–Trinajstić information content (AvgIpc) is 2.91. The molecule has 0 saturated heterocycles. The molecule has 0 aliphatic rings. The van der Waals surface area contributed by atoms with E-state index in [9.17, 15) is 14.9 Å². The minimum Gasteiger partial charge on any atom is -0.488 e. The molecule has 0 aromatic heterocycles. The zero-order valence-electron chi connectivity index (χ0n) is 19.7. The molecular weight excluding hydrogens is 452 g/mol. The maximum Gasteiger partial charge on any atom is 0.338 e. The number of fused-ring (bicyclic) bond motifs is 1. The lowest BCUT2D eigenvalue weighted by Gasteiger charge is -2.11. The van der Waals surface area contributed by atoms with Crippen LogP contribution in [0, 0.1) is 11.3 Å². The summed E-state index contributed by atoms with van der Waals surface area (Å²) in [7, 11) is 0. The van der Waals surface area contributed by atoms with Crippen LogP contribution in [0.2, 0.25) is 0 Å². The predicted molar refractivity (Wildman–Crippen MR) is 139 cm³/mol. The molecule has 1 N–H and O–H groups in total. The molecule has 1 amide bonds. The number of ether oxygens (including phenoxy) is 2. The zero-order chi connectivity index (χ0) is 25.3. The third kappa shape index (κ3) is 5.96. The van der Waals surface area contributed by atoms with Crippen LogP contribution in [-0.2, 0) is 16.1 Å². The van der Waals surface area contributed by atoms with Crippen LogP contribution in [0.3, 0.4) is 0 Å². The van der Waals surface area contributed by atoms with E-state index < -0.39 is 11.9 Å². The lowest BCUT2D eigenvalue weighted by Crippen LogP contribution is -2.13. The second-order valence-corrected chi connectivity index (χ2v) is 7.93. The van der Waals surface area contributed by atoms with Crippen molar-refractivity contribution in [3.05, 3.63) is 113 Å². The fourth-order valence-corrected chi connectivity index (χ4v) is 3.63. The van der Waals surface area contributed by atoms with Gasteiger partial charge in [-0.3, -0.25) is 4.79 Å². The van der Waals surface area contributed by atoms with Gasteiger partial charge in [-0.25, -0.2) is 4.79 Å². The molecule has 178 valence electrons.